The molecule has 1 atom stereocenters. The van der Waals surface area contributed by atoms with E-state index in [1.165, 1.54) is 48.3 Å². The smallest absolute Gasteiger partial charge is 0.264 e. The van der Waals surface area contributed by atoms with E-state index in [9.17, 15) is 22.4 Å². The molecule has 0 saturated carbocycles. The van der Waals surface area contributed by atoms with Crippen LogP contribution in [-0.4, -0.2) is 51.4 Å². The zero-order valence-electron chi connectivity index (χ0n) is 24.3. The lowest BCUT2D eigenvalue weighted by atomic mass is 10.0. The Hall–Kier alpha value is -4.22. The molecule has 0 spiro atoms. The fraction of sp³-hybridized carbons (Fsp3) is 0.212. The lowest BCUT2D eigenvalue weighted by Gasteiger charge is -2.33. The van der Waals surface area contributed by atoms with Crippen LogP contribution in [0.1, 0.15) is 18.1 Å². The minimum Gasteiger partial charge on any atom is -0.494 e. The molecule has 11 heteroatoms. The van der Waals surface area contributed by atoms with E-state index in [1.807, 2.05) is 61.5 Å². The van der Waals surface area contributed by atoms with Crippen molar-refractivity contribution < 1.29 is 27.1 Å². The number of anilines is 1. The van der Waals surface area contributed by atoms with Crippen LogP contribution in [0.5, 0.6) is 5.75 Å². The molecular formula is C33H33BrFN3O5S. The van der Waals surface area contributed by atoms with Crippen molar-refractivity contribution in [3.05, 3.63) is 125 Å². The predicted molar refractivity (Wildman–Crippen MR) is 171 cm³/mol. The molecule has 0 heterocycles. The van der Waals surface area contributed by atoms with Crippen LogP contribution in [0.25, 0.3) is 0 Å². The number of halogens is 2. The van der Waals surface area contributed by atoms with Gasteiger partial charge < -0.3 is 15.0 Å². The zero-order valence-corrected chi connectivity index (χ0v) is 26.7. The van der Waals surface area contributed by atoms with Gasteiger partial charge in [-0.2, -0.15) is 0 Å². The van der Waals surface area contributed by atoms with Crippen LogP contribution in [-0.2, 0) is 32.6 Å². The van der Waals surface area contributed by atoms with Crippen LogP contribution in [0.4, 0.5) is 10.1 Å². The minimum absolute atomic E-state index is 0.0313. The molecule has 8 nitrogen and oxygen atoms in total. The van der Waals surface area contributed by atoms with Gasteiger partial charge in [-0.1, -0.05) is 58.4 Å². The second kappa shape index (κ2) is 15.0. The molecule has 2 amide bonds. The van der Waals surface area contributed by atoms with Crippen molar-refractivity contribution in [3.8, 4) is 5.75 Å². The highest BCUT2D eigenvalue weighted by molar-refractivity contribution is 9.10. The molecule has 0 aromatic heterocycles. The molecule has 4 aromatic rings. The molecule has 44 heavy (non-hydrogen) atoms. The molecule has 0 radical (unpaired) electrons. The van der Waals surface area contributed by atoms with Crippen molar-refractivity contribution >= 4 is 43.5 Å². The Bertz CT molecular complexity index is 1670. The van der Waals surface area contributed by atoms with Gasteiger partial charge in [0.05, 0.1) is 17.2 Å². The van der Waals surface area contributed by atoms with Gasteiger partial charge in [0.25, 0.3) is 10.0 Å². The van der Waals surface area contributed by atoms with Crippen molar-refractivity contribution in [3.63, 3.8) is 0 Å². The Labute approximate surface area is 265 Å². The van der Waals surface area contributed by atoms with E-state index in [0.29, 0.717) is 12.4 Å². The van der Waals surface area contributed by atoms with Crippen LogP contribution in [0.3, 0.4) is 0 Å². The van der Waals surface area contributed by atoms with Crippen LogP contribution >= 0.6 is 15.9 Å². The summed E-state index contributed by atoms with van der Waals surface area (Å²) < 4.78 is 49.1. The summed E-state index contributed by atoms with van der Waals surface area (Å²) in [7, 11) is -2.83. The van der Waals surface area contributed by atoms with Crippen LogP contribution in [0.2, 0.25) is 0 Å². The van der Waals surface area contributed by atoms with E-state index in [1.54, 1.807) is 0 Å². The summed E-state index contributed by atoms with van der Waals surface area (Å²) in [6.07, 6.45) is 0.197. The van der Waals surface area contributed by atoms with Crippen LogP contribution in [0.15, 0.2) is 112 Å². The highest BCUT2D eigenvalue weighted by atomic mass is 79.9. The second-order valence-corrected chi connectivity index (χ2v) is 12.6. The van der Waals surface area contributed by atoms with Gasteiger partial charge in [-0.3, -0.25) is 13.9 Å². The second-order valence-electron chi connectivity index (χ2n) is 9.86. The Balaban J connectivity index is 1.77. The maximum absolute atomic E-state index is 14.3. The number of rotatable bonds is 13. The zero-order chi connectivity index (χ0) is 31.7. The average Bonchev–Trinajstić information content (AvgIpc) is 3.02. The molecule has 0 bridgehead atoms. The molecule has 4 aromatic carbocycles. The third-order valence-corrected chi connectivity index (χ3v) is 9.16. The summed E-state index contributed by atoms with van der Waals surface area (Å²) in [5, 5.41) is 2.65. The summed E-state index contributed by atoms with van der Waals surface area (Å²) in [6.45, 7) is 1.61. The molecule has 0 aliphatic heterocycles. The summed E-state index contributed by atoms with van der Waals surface area (Å²) in [4.78, 5) is 28.9. The molecule has 4 rings (SSSR count). The Morgan fingerprint density at radius 1 is 0.909 bits per heavy atom. The third kappa shape index (κ3) is 8.23. The van der Waals surface area contributed by atoms with E-state index < -0.39 is 40.2 Å². The molecule has 0 saturated heterocycles. The number of likely N-dealkylation sites (N-methyl/N-ethyl adjacent to an activating group) is 1. The van der Waals surface area contributed by atoms with Crippen LogP contribution in [0, 0.1) is 5.82 Å². The number of benzene rings is 4. The highest BCUT2D eigenvalue weighted by Gasteiger charge is 2.34. The molecule has 1 N–H and O–H groups in total. The molecule has 0 aliphatic rings. The number of hydrogen-bond donors (Lipinski definition) is 1. The number of amides is 2. The van der Waals surface area contributed by atoms with E-state index in [-0.39, 0.29) is 23.5 Å². The standard InChI is InChI=1S/C33H33BrFN3O5S/c1-3-43-29-16-18-30(19-17-29)44(41,42)38(28-14-12-27(35)13-15-28)23-32(39)37(22-25-10-7-11-26(34)20-25)31(33(40)36-2)21-24-8-5-4-6-9-24/h4-20,31H,3,21-23H2,1-2H3,(H,36,40)/t31-/m1/s1. The Kier molecular flexibility index (Phi) is 11.1. The van der Waals surface area contributed by atoms with Crippen molar-refractivity contribution in [2.24, 2.45) is 0 Å². The normalized spacial score (nSPS) is 11.8. The number of ether oxygens (including phenoxy) is 1. The molecule has 0 unspecified atom stereocenters. The van der Waals surface area contributed by atoms with Gasteiger partial charge in [-0.15, -0.1) is 0 Å². The fourth-order valence-electron chi connectivity index (χ4n) is 4.69. The van der Waals surface area contributed by atoms with Gasteiger partial charge in [0.1, 0.15) is 24.2 Å². The van der Waals surface area contributed by atoms with E-state index in [0.717, 1.165) is 32.0 Å². The van der Waals surface area contributed by atoms with E-state index >= 15 is 0 Å². The summed E-state index contributed by atoms with van der Waals surface area (Å²) in [6, 6.07) is 26.3. The van der Waals surface area contributed by atoms with Crippen molar-refractivity contribution in [1.82, 2.24) is 10.2 Å². The lowest BCUT2D eigenvalue weighted by molar-refractivity contribution is -0.139. The molecule has 230 valence electrons. The van der Waals surface area contributed by atoms with Gasteiger partial charge in [-0.25, -0.2) is 12.8 Å². The molecule has 0 fully saturated rings. The Morgan fingerprint density at radius 3 is 2.18 bits per heavy atom. The summed E-state index contributed by atoms with van der Waals surface area (Å²) in [5.74, 6) is -1.09. The topological polar surface area (TPSA) is 96.0 Å². The van der Waals surface area contributed by atoms with Crippen molar-refractivity contribution in [2.75, 3.05) is 24.5 Å². The number of carbonyl (C=O) groups is 2. The maximum Gasteiger partial charge on any atom is 0.264 e. The monoisotopic (exact) mass is 681 g/mol. The van der Waals surface area contributed by atoms with Gasteiger partial charge in [0, 0.05) is 24.5 Å². The first-order valence-corrected chi connectivity index (χ1v) is 16.2. The van der Waals surface area contributed by atoms with Crippen molar-refractivity contribution in [2.45, 2.75) is 30.8 Å². The predicted octanol–water partition coefficient (Wildman–Crippen LogP) is 5.57. The third-order valence-electron chi connectivity index (χ3n) is 6.88. The summed E-state index contributed by atoms with van der Waals surface area (Å²) in [5.41, 5.74) is 1.65. The van der Waals surface area contributed by atoms with Gasteiger partial charge in [0.2, 0.25) is 11.8 Å². The first kappa shape index (κ1) is 32.7. The van der Waals surface area contributed by atoms with Gasteiger partial charge in [-0.05, 0) is 78.7 Å². The maximum atomic E-state index is 14.3. The number of sulfonamides is 1. The molecular weight excluding hydrogens is 649 g/mol. The largest absolute Gasteiger partial charge is 0.494 e. The van der Waals surface area contributed by atoms with E-state index in [4.69, 9.17) is 4.74 Å². The van der Waals surface area contributed by atoms with Crippen LogP contribution < -0.4 is 14.4 Å². The minimum atomic E-state index is -4.32. The van der Waals surface area contributed by atoms with Gasteiger partial charge in [0.15, 0.2) is 0 Å². The van der Waals surface area contributed by atoms with Crippen molar-refractivity contribution in [1.29, 1.82) is 0 Å². The number of hydrogen-bond acceptors (Lipinski definition) is 5. The quantitative estimate of drug-likeness (QED) is 0.199. The fourth-order valence-corrected chi connectivity index (χ4v) is 6.55. The first-order valence-electron chi connectivity index (χ1n) is 13.9. The number of carbonyl (C=O) groups excluding carboxylic acids is 2. The average molecular weight is 683 g/mol. The number of nitrogens with one attached hydrogen (secondary N) is 1. The highest BCUT2D eigenvalue weighted by Crippen LogP contribution is 2.27. The van der Waals surface area contributed by atoms with Gasteiger partial charge >= 0.3 is 0 Å². The molecule has 0 aliphatic carbocycles. The SMILES string of the molecule is CCOc1ccc(S(=O)(=O)N(CC(=O)N(Cc2cccc(Br)c2)[C@H](Cc2ccccc2)C(=O)NC)c2ccc(F)cc2)cc1. The Morgan fingerprint density at radius 2 is 1.57 bits per heavy atom. The van der Waals surface area contributed by atoms with E-state index in [2.05, 4.69) is 21.2 Å². The number of nitrogens with zero attached hydrogens (tertiary/aromatic N) is 2. The summed E-state index contributed by atoms with van der Waals surface area (Å²) >= 11 is 3.46. The lowest BCUT2D eigenvalue weighted by Crippen LogP contribution is -2.53. The first-order chi connectivity index (χ1) is 21.1.